The van der Waals surface area contributed by atoms with E-state index in [9.17, 15) is 14.0 Å². The number of hydrogen-bond acceptors (Lipinski definition) is 4. The summed E-state index contributed by atoms with van der Waals surface area (Å²) in [5.74, 6) is -0.414. The van der Waals surface area contributed by atoms with Crippen LogP contribution in [-0.4, -0.2) is 51.4 Å². The van der Waals surface area contributed by atoms with Crippen LogP contribution in [0.3, 0.4) is 0 Å². The first-order chi connectivity index (χ1) is 14.1. The Morgan fingerprint density at radius 3 is 2.79 bits per heavy atom. The van der Waals surface area contributed by atoms with Crippen molar-refractivity contribution in [3.8, 4) is 0 Å². The molecule has 2 amide bonds. The molecule has 0 radical (unpaired) electrons. The number of fused-ring (bicyclic) bond motifs is 1. The van der Waals surface area contributed by atoms with E-state index in [2.05, 4.69) is 15.4 Å². The van der Waals surface area contributed by atoms with Crippen molar-refractivity contribution in [1.82, 2.24) is 24.8 Å². The summed E-state index contributed by atoms with van der Waals surface area (Å²) in [7, 11) is 1.57. The number of benzene rings is 1. The Hall–Kier alpha value is -3.29. The zero-order chi connectivity index (χ0) is 20.4. The van der Waals surface area contributed by atoms with E-state index in [4.69, 9.17) is 0 Å². The van der Waals surface area contributed by atoms with E-state index in [-0.39, 0.29) is 30.0 Å². The van der Waals surface area contributed by atoms with Crippen molar-refractivity contribution in [3.63, 3.8) is 0 Å². The number of nitrogens with one attached hydrogen (secondary N) is 1. The molecule has 150 valence electrons. The first-order valence-corrected chi connectivity index (χ1v) is 9.63. The minimum Gasteiger partial charge on any atom is -0.355 e. The van der Waals surface area contributed by atoms with Gasteiger partial charge in [0.1, 0.15) is 11.4 Å². The number of aromatic nitrogens is 3. The largest absolute Gasteiger partial charge is 0.355 e. The Morgan fingerprint density at radius 1 is 1.24 bits per heavy atom. The Bertz CT molecular complexity index is 1050. The maximum Gasteiger partial charge on any atom is 0.256 e. The third kappa shape index (κ3) is 3.83. The molecule has 1 aromatic carbocycles. The molecule has 0 saturated carbocycles. The number of hydrogen-bond donors (Lipinski definition) is 1. The lowest BCUT2D eigenvalue weighted by Crippen LogP contribution is -2.40. The molecule has 3 aromatic rings. The number of halogens is 1. The Balaban J connectivity index is 1.54. The molecule has 1 aliphatic rings. The smallest absolute Gasteiger partial charge is 0.256 e. The fourth-order valence-electron chi connectivity index (χ4n) is 3.85. The number of rotatable bonds is 4. The van der Waals surface area contributed by atoms with E-state index >= 15 is 0 Å². The lowest BCUT2D eigenvalue weighted by atomic mass is 9.94. The van der Waals surface area contributed by atoms with E-state index < -0.39 is 0 Å². The lowest BCUT2D eigenvalue weighted by Gasteiger charge is -2.33. The van der Waals surface area contributed by atoms with Gasteiger partial charge >= 0.3 is 0 Å². The van der Waals surface area contributed by atoms with Gasteiger partial charge in [-0.15, -0.1) is 0 Å². The molecular formula is C21H22FN5O2. The molecular weight excluding hydrogens is 373 g/mol. The number of carbonyl (C=O) groups is 2. The Kier molecular flexibility index (Phi) is 5.24. The number of likely N-dealkylation sites (tertiary alicyclic amines) is 1. The normalized spacial score (nSPS) is 16.8. The van der Waals surface area contributed by atoms with E-state index in [1.165, 1.54) is 18.3 Å². The highest BCUT2D eigenvalue weighted by Gasteiger charge is 2.27. The third-order valence-electron chi connectivity index (χ3n) is 5.36. The van der Waals surface area contributed by atoms with E-state index in [1.54, 1.807) is 29.9 Å². The average Bonchev–Trinajstić information content (AvgIpc) is 3.19. The molecule has 2 aromatic heterocycles. The average molecular weight is 395 g/mol. The van der Waals surface area contributed by atoms with E-state index in [1.807, 2.05) is 11.0 Å². The highest BCUT2D eigenvalue weighted by Crippen LogP contribution is 2.28. The second kappa shape index (κ2) is 7.98. The minimum absolute atomic E-state index is 0.0260. The molecule has 1 fully saturated rings. The van der Waals surface area contributed by atoms with Crippen molar-refractivity contribution in [2.75, 3.05) is 20.1 Å². The highest BCUT2D eigenvalue weighted by atomic mass is 19.1. The van der Waals surface area contributed by atoms with Crippen LogP contribution in [0.2, 0.25) is 0 Å². The first-order valence-electron chi connectivity index (χ1n) is 9.63. The molecule has 4 rings (SSSR count). The van der Waals surface area contributed by atoms with E-state index in [0.29, 0.717) is 24.3 Å². The zero-order valence-corrected chi connectivity index (χ0v) is 16.1. The standard InChI is InChI=1S/C21H22FN5O2/c1-23-21(29)17-12-25-27-18(8-9-24-20(17)27)15-3-2-10-26(13-15)19(28)11-14-4-6-16(22)7-5-14/h4-9,12,15H,2-3,10-11,13H2,1H3,(H,23,29)/t15-/m1/s1. The van der Waals surface area contributed by atoms with Crippen molar-refractivity contribution in [2.45, 2.75) is 25.2 Å². The van der Waals surface area contributed by atoms with Crippen molar-refractivity contribution in [2.24, 2.45) is 0 Å². The molecule has 0 bridgehead atoms. The van der Waals surface area contributed by atoms with Crippen molar-refractivity contribution < 1.29 is 14.0 Å². The van der Waals surface area contributed by atoms with Crippen LogP contribution in [0, 0.1) is 5.82 Å². The third-order valence-corrected chi connectivity index (χ3v) is 5.36. The van der Waals surface area contributed by atoms with Crippen LogP contribution < -0.4 is 5.32 Å². The van der Waals surface area contributed by atoms with Crippen molar-refractivity contribution >= 4 is 17.5 Å². The van der Waals surface area contributed by atoms with Gasteiger partial charge in [-0.3, -0.25) is 9.59 Å². The van der Waals surface area contributed by atoms with Crippen LogP contribution >= 0.6 is 0 Å². The molecule has 1 aliphatic heterocycles. The monoisotopic (exact) mass is 395 g/mol. The van der Waals surface area contributed by atoms with Gasteiger partial charge in [-0.1, -0.05) is 12.1 Å². The molecule has 29 heavy (non-hydrogen) atoms. The van der Waals surface area contributed by atoms with Crippen LogP contribution in [0.25, 0.3) is 5.65 Å². The maximum absolute atomic E-state index is 13.1. The van der Waals surface area contributed by atoms with Gasteiger partial charge in [0.05, 0.1) is 18.3 Å². The lowest BCUT2D eigenvalue weighted by molar-refractivity contribution is -0.131. The topological polar surface area (TPSA) is 79.6 Å². The summed E-state index contributed by atoms with van der Waals surface area (Å²) < 4.78 is 14.8. The van der Waals surface area contributed by atoms with Gasteiger partial charge in [0, 0.05) is 32.3 Å². The predicted octanol–water partition coefficient (Wildman–Crippen LogP) is 2.18. The fourth-order valence-corrected chi connectivity index (χ4v) is 3.85. The summed E-state index contributed by atoms with van der Waals surface area (Å²) in [6.07, 6.45) is 5.26. The molecule has 1 atom stereocenters. The fraction of sp³-hybridized carbons (Fsp3) is 0.333. The zero-order valence-electron chi connectivity index (χ0n) is 16.1. The molecule has 7 nitrogen and oxygen atoms in total. The van der Waals surface area contributed by atoms with E-state index in [0.717, 1.165) is 24.1 Å². The molecule has 0 unspecified atom stereocenters. The first kappa shape index (κ1) is 19.0. The van der Waals surface area contributed by atoms with Crippen LogP contribution in [0.15, 0.2) is 42.7 Å². The van der Waals surface area contributed by atoms with Gasteiger partial charge in [0.25, 0.3) is 5.91 Å². The molecule has 1 N–H and O–H groups in total. The van der Waals surface area contributed by atoms with Gasteiger partial charge in [-0.25, -0.2) is 13.9 Å². The molecule has 8 heteroatoms. The Morgan fingerprint density at radius 2 is 2.03 bits per heavy atom. The summed E-state index contributed by atoms with van der Waals surface area (Å²) in [6.45, 7) is 1.28. The Labute approximate surface area is 167 Å². The number of nitrogens with zero attached hydrogens (tertiary/aromatic N) is 4. The quantitative estimate of drug-likeness (QED) is 0.734. The van der Waals surface area contributed by atoms with Gasteiger partial charge in [-0.05, 0) is 36.6 Å². The van der Waals surface area contributed by atoms with Crippen LogP contribution in [0.5, 0.6) is 0 Å². The summed E-state index contributed by atoms with van der Waals surface area (Å²) >= 11 is 0. The van der Waals surface area contributed by atoms with Gasteiger partial charge in [-0.2, -0.15) is 5.10 Å². The van der Waals surface area contributed by atoms with Crippen LogP contribution in [0.1, 0.15) is 40.4 Å². The highest BCUT2D eigenvalue weighted by molar-refractivity contribution is 5.99. The minimum atomic E-state index is -0.309. The SMILES string of the molecule is CNC(=O)c1cnn2c([C@@H]3CCCN(C(=O)Cc4ccc(F)cc4)C3)ccnc12. The number of carbonyl (C=O) groups excluding carboxylic acids is 2. The van der Waals surface area contributed by atoms with Gasteiger partial charge < -0.3 is 10.2 Å². The van der Waals surface area contributed by atoms with Crippen LogP contribution in [-0.2, 0) is 11.2 Å². The van der Waals surface area contributed by atoms with Gasteiger partial charge in [0.2, 0.25) is 5.91 Å². The molecule has 0 aliphatic carbocycles. The molecule has 1 saturated heterocycles. The second-order valence-electron chi connectivity index (χ2n) is 7.22. The number of amides is 2. The number of piperidine rings is 1. The maximum atomic E-state index is 13.1. The second-order valence-corrected chi connectivity index (χ2v) is 7.22. The van der Waals surface area contributed by atoms with Gasteiger partial charge in [0.15, 0.2) is 5.65 Å². The summed E-state index contributed by atoms with van der Waals surface area (Å²) in [5, 5.41) is 6.96. The predicted molar refractivity (Wildman–Crippen MR) is 105 cm³/mol. The molecule has 0 spiro atoms. The summed E-state index contributed by atoms with van der Waals surface area (Å²) in [6, 6.07) is 7.93. The van der Waals surface area contributed by atoms with Crippen molar-refractivity contribution in [1.29, 1.82) is 0 Å². The summed E-state index contributed by atoms with van der Waals surface area (Å²) in [4.78, 5) is 31.0. The van der Waals surface area contributed by atoms with Crippen LogP contribution in [0.4, 0.5) is 4.39 Å². The summed E-state index contributed by atoms with van der Waals surface area (Å²) in [5.41, 5.74) is 2.67. The molecule has 3 heterocycles. The van der Waals surface area contributed by atoms with Crippen molar-refractivity contribution in [3.05, 3.63) is 65.4 Å².